The zero-order valence-electron chi connectivity index (χ0n) is 15.1. The first-order valence-corrected chi connectivity index (χ1v) is 10.1. The molecule has 1 N–H and O–H groups in total. The Bertz CT molecular complexity index is 1130. The molecular weight excluding hydrogens is 394 g/mol. The van der Waals surface area contributed by atoms with E-state index in [9.17, 15) is 17.2 Å². The molecule has 11 heteroatoms. The Labute approximate surface area is 159 Å². The van der Waals surface area contributed by atoms with Crippen molar-refractivity contribution in [1.29, 1.82) is 0 Å². The van der Waals surface area contributed by atoms with E-state index in [1.54, 1.807) is 35.3 Å². The number of aromatic nitrogens is 3. The number of hydrogen-bond donors (Lipinski definition) is 1. The SMILES string of the molecule is COc1cc(Cn2cccn2)cc2onc(NS(=O)(=O)CC3(C)CC3(F)F)c12. The summed E-state index contributed by atoms with van der Waals surface area (Å²) in [5, 5.41) is 8.21. The Balaban J connectivity index is 1.63. The number of nitrogens with zero attached hydrogens (tertiary/aromatic N) is 3. The maximum absolute atomic E-state index is 13.4. The third-order valence-electron chi connectivity index (χ3n) is 4.85. The lowest BCUT2D eigenvalue weighted by molar-refractivity contribution is 0.0770. The summed E-state index contributed by atoms with van der Waals surface area (Å²) in [5.41, 5.74) is -0.453. The van der Waals surface area contributed by atoms with Crippen LogP contribution >= 0.6 is 0 Å². The van der Waals surface area contributed by atoms with E-state index < -0.39 is 33.5 Å². The highest BCUT2D eigenvalue weighted by Crippen LogP contribution is 2.60. The molecular formula is C17H18F2N4O4S. The van der Waals surface area contributed by atoms with Gasteiger partial charge in [-0.05, 0) is 23.8 Å². The maximum Gasteiger partial charge on any atom is 0.255 e. The van der Waals surface area contributed by atoms with Crippen LogP contribution in [0.2, 0.25) is 0 Å². The molecule has 1 aliphatic rings. The minimum absolute atomic E-state index is 0.0925. The molecule has 1 fully saturated rings. The predicted octanol–water partition coefficient (Wildman–Crippen LogP) is 2.87. The number of sulfonamides is 1. The summed E-state index contributed by atoms with van der Waals surface area (Å²) in [4.78, 5) is 0. The lowest BCUT2D eigenvalue weighted by Crippen LogP contribution is -2.25. The van der Waals surface area contributed by atoms with Gasteiger partial charge in [0.1, 0.15) is 11.1 Å². The van der Waals surface area contributed by atoms with Crippen molar-refractivity contribution >= 4 is 26.8 Å². The van der Waals surface area contributed by atoms with Crippen LogP contribution in [0.3, 0.4) is 0 Å². The molecule has 0 radical (unpaired) electrons. The van der Waals surface area contributed by atoms with Crippen LogP contribution in [0.4, 0.5) is 14.6 Å². The van der Waals surface area contributed by atoms with E-state index in [1.807, 2.05) is 0 Å². The molecule has 3 aromatic rings. The van der Waals surface area contributed by atoms with Crippen LogP contribution in [0.5, 0.6) is 5.75 Å². The lowest BCUT2D eigenvalue weighted by Gasteiger charge is -2.12. The smallest absolute Gasteiger partial charge is 0.255 e. The number of fused-ring (bicyclic) bond motifs is 1. The Hall–Kier alpha value is -2.69. The molecule has 2 aromatic heterocycles. The van der Waals surface area contributed by atoms with Gasteiger partial charge >= 0.3 is 0 Å². The summed E-state index contributed by atoms with van der Waals surface area (Å²) in [7, 11) is -2.63. The standard InChI is InChI=1S/C17H18F2N4O4S/c1-16(9-17(16,18)19)10-28(24,25)22-15-14-12(26-2)6-11(7-13(14)27-21-15)8-23-5-3-4-20-23/h3-7H,8-10H2,1-2H3,(H,21,22). The summed E-state index contributed by atoms with van der Waals surface area (Å²) in [6.45, 7) is 1.70. The minimum Gasteiger partial charge on any atom is -0.496 e. The molecule has 150 valence electrons. The Morgan fingerprint density at radius 2 is 2.14 bits per heavy atom. The van der Waals surface area contributed by atoms with Gasteiger partial charge in [-0.25, -0.2) is 17.2 Å². The molecule has 2 heterocycles. The van der Waals surface area contributed by atoms with Gasteiger partial charge in [-0.3, -0.25) is 9.40 Å². The molecule has 8 nitrogen and oxygen atoms in total. The Kier molecular flexibility index (Phi) is 4.11. The predicted molar refractivity (Wildman–Crippen MR) is 97.0 cm³/mol. The van der Waals surface area contributed by atoms with Crippen molar-refractivity contribution < 1.29 is 26.5 Å². The zero-order chi connectivity index (χ0) is 20.2. The molecule has 1 aliphatic carbocycles. The van der Waals surface area contributed by atoms with Crippen LogP contribution in [0, 0.1) is 5.41 Å². The molecule has 4 rings (SSSR count). The fraction of sp³-hybridized carbons (Fsp3) is 0.412. The van der Waals surface area contributed by atoms with E-state index in [1.165, 1.54) is 14.0 Å². The molecule has 1 aromatic carbocycles. The number of hydrogen-bond acceptors (Lipinski definition) is 6. The number of halogens is 2. The van der Waals surface area contributed by atoms with Gasteiger partial charge in [0.2, 0.25) is 10.0 Å². The normalized spacial score (nSPS) is 21.0. The maximum atomic E-state index is 13.4. The Morgan fingerprint density at radius 3 is 2.75 bits per heavy atom. The number of ether oxygens (including phenoxy) is 1. The monoisotopic (exact) mass is 412 g/mol. The largest absolute Gasteiger partial charge is 0.496 e. The van der Waals surface area contributed by atoms with E-state index in [4.69, 9.17) is 9.26 Å². The molecule has 1 atom stereocenters. The van der Waals surface area contributed by atoms with E-state index >= 15 is 0 Å². The minimum atomic E-state index is -4.06. The van der Waals surface area contributed by atoms with Gasteiger partial charge in [-0.2, -0.15) is 5.10 Å². The fourth-order valence-corrected chi connectivity index (χ4v) is 4.86. The number of alkyl halides is 2. The highest BCUT2D eigenvalue weighted by Gasteiger charge is 2.69. The second-order valence-corrected chi connectivity index (χ2v) is 8.93. The molecule has 28 heavy (non-hydrogen) atoms. The van der Waals surface area contributed by atoms with Gasteiger partial charge in [0.05, 0.1) is 24.8 Å². The molecule has 1 saturated carbocycles. The highest BCUT2D eigenvalue weighted by atomic mass is 32.2. The number of benzene rings is 1. The summed E-state index contributed by atoms with van der Waals surface area (Å²) in [6.07, 6.45) is 2.99. The summed E-state index contributed by atoms with van der Waals surface area (Å²) in [5.74, 6) is -3.43. The van der Waals surface area contributed by atoms with Crippen LogP contribution in [-0.4, -0.2) is 42.1 Å². The van der Waals surface area contributed by atoms with Gasteiger partial charge < -0.3 is 9.26 Å². The van der Waals surface area contributed by atoms with Crippen LogP contribution in [0.15, 0.2) is 35.1 Å². The van der Waals surface area contributed by atoms with Gasteiger partial charge in [0, 0.05) is 18.8 Å². The summed E-state index contributed by atoms with van der Waals surface area (Å²) >= 11 is 0. The number of methoxy groups -OCH3 is 1. The van der Waals surface area contributed by atoms with E-state index in [2.05, 4.69) is 15.0 Å². The van der Waals surface area contributed by atoms with Crippen LogP contribution in [0.1, 0.15) is 18.9 Å². The molecule has 0 spiro atoms. The van der Waals surface area contributed by atoms with Gasteiger partial charge in [0.25, 0.3) is 5.92 Å². The Morgan fingerprint density at radius 1 is 1.39 bits per heavy atom. The van der Waals surface area contributed by atoms with Gasteiger partial charge in [0.15, 0.2) is 11.4 Å². The van der Waals surface area contributed by atoms with Gasteiger partial charge in [-0.15, -0.1) is 0 Å². The van der Waals surface area contributed by atoms with Crippen molar-refractivity contribution in [1.82, 2.24) is 14.9 Å². The first-order valence-electron chi connectivity index (χ1n) is 8.44. The quantitative estimate of drug-likeness (QED) is 0.641. The van der Waals surface area contributed by atoms with Crippen LogP contribution < -0.4 is 9.46 Å². The average molecular weight is 412 g/mol. The summed E-state index contributed by atoms with van der Waals surface area (Å²) in [6, 6.07) is 5.21. The number of nitrogens with one attached hydrogen (secondary N) is 1. The average Bonchev–Trinajstić information content (AvgIpc) is 3.02. The first-order chi connectivity index (χ1) is 13.1. The van der Waals surface area contributed by atoms with E-state index in [0.717, 1.165) is 5.56 Å². The number of rotatable bonds is 7. The van der Waals surface area contributed by atoms with Crippen molar-refractivity contribution in [2.75, 3.05) is 17.6 Å². The van der Waals surface area contributed by atoms with Crippen molar-refractivity contribution in [3.8, 4) is 5.75 Å². The highest BCUT2D eigenvalue weighted by molar-refractivity contribution is 7.92. The summed E-state index contributed by atoms with van der Waals surface area (Å²) < 4.78 is 66.2. The topological polar surface area (TPSA) is 99.2 Å². The second kappa shape index (κ2) is 6.16. The third kappa shape index (κ3) is 3.30. The van der Waals surface area contributed by atoms with E-state index in [-0.39, 0.29) is 5.82 Å². The van der Waals surface area contributed by atoms with Crippen molar-refractivity contribution in [3.63, 3.8) is 0 Å². The molecule has 0 amide bonds. The van der Waals surface area contributed by atoms with Crippen molar-refractivity contribution in [3.05, 3.63) is 36.2 Å². The van der Waals surface area contributed by atoms with Crippen molar-refractivity contribution in [2.45, 2.75) is 25.8 Å². The number of anilines is 1. The second-order valence-electron chi connectivity index (χ2n) is 7.21. The molecule has 1 unspecified atom stereocenters. The molecule has 0 saturated heterocycles. The molecule has 0 bridgehead atoms. The first kappa shape index (κ1) is 18.7. The lowest BCUT2D eigenvalue weighted by atomic mass is 10.1. The fourth-order valence-electron chi connectivity index (χ4n) is 3.20. The van der Waals surface area contributed by atoms with E-state index in [0.29, 0.717) is 23.3 Å². The van der Waals surface area contributed by atoms with Crippen LogP contribution in [0.25, 0.3) is 11.0 Å². The third-order valence-corrected chi connectivity index (χ3v) is 6.37. The zero-order valence-corrected chi connectivity index (χ0v) is 16.0. The van der Waals surface area contributed by atoms with Crippen molar-refractivity contribution in [2.24, 2.45) is 5.41 Å². The molecule has 0 aliphatic heterocycles. The van der Waals surface area contributed by atoms with Gasteiger partial charge in [-0.1, -0.05) is 12.1 Å². The van der Waals surface area contributed by atoms with Crippen LogP contribution in [-0.2, 0) is 16.6 Å².